The lowest BCUT2D eigenvalue weighted by Crippen LogP contribution is -2.20. The van der Waals surface area contributed by atoms with Gasteiger partial charge in [-0.3, -0.25) is 4.79 Å². The normalized spacial score (nSPS) is 18.0. The van der Waals surface area contributed by atoms with Crippen LogP contribution in [-0.2, 0) is 4.79 Å². The number of hydrogen-bond acceptors (Lipinski definition) is 1. The van der Waals surface area contributed by atoms with E-state index in [1.807, 2.05) is 18.2 Å². The van der Waals surface area contributed by atoms with Gasteiger partial charge in [0.05, 0.1) is 0 Å². The highest BCUT2D eigenvalue weighted by Gasteiger charge is 2.27. The number of carbonyl (C=O) groups excluding carboxylic acids is 1. The summed E-state index contributed by atoms with van der Waals surface area (Å²) in [5.41, 5.74) is 1.31. The van der Waals surface area contributed by atoms with Crippen LogP contribution >= 0.6 is 0 Å². The maximum atomic E-state index is 10.7. The predicted molar refractivity (Wildman–Crippen MR) is 43.4 cm³/mol. The van der Waals surface area contributed by atoms with Crippen LogP contribution in [0.15, 0.2) is 30.3 Å². The first-order valence-corrected chi connectivity index (χ1v) is 3.93. The predicted octanol–water partition coefficient (Wildman–Crippen LogP) is 2.13. The number of hydrogen-bond donors (Lipinski definition) is 0. The highest BCUT2D eigenvalue weighted by molar-refractivity contribution is 5.86. The molecule has 1 aromatic rings. The summed E-state index contributed by atoms with van der Waals surface area (Å²) in [5, 5.41) is 0. The highest BCUT2D eigenvalue weighted by Crippen LogP contribution is 2.32. The molecule has 0 atom stereocenters. The van der Waals surface area contributed by atoms with Crippen molar-refractivity contribution in [3.05, 3.63) is 35.9 Å². The lowest BCUT2D eigenvalue weighted by molar-refractivity contribution is -0.124. The Hall–Kier alpha value is -1.11. The Morgan fingerprint density at radius 3 is 2.27 bits per heavy atom. The SMILES string of the molecule is O=C1CC(c2ccccc2)C1. The topological polar surface area (TPSA) is 17.1 Å². The van der Waals surface area contributed by atoms with Gasteiger partial charge in [0.25, 0.3) is 0 Å². The minimum absolute atomic E-state index is 0.402. The molecule has 1 aliphatic rings. The first-order chi connectivity index (χ1) is 5.36. The van der Waals surface area contributed by atoms with E-state index in [2.05, 4.69) is 12.1 Å². The molecular formula is C10H10O. The van der Waals surface area contributed by atoms with Crippen LogP contribution in [0.4, 0.5) is 0 Å². The third-order valence-electron chi connectivity index (χ3n) is 2.22. The Morgan fingerprint density at radius 1 is 1.09 bits per heavy atom. The molecule has 1 aromatic carbocycles. The minimum atomic E-state index is 0.402. The summed E-state index contributed by atoms with van der Waals surface area (Å²) >= 11 is 0. The molecule has 0 heterocycles. The third kappa shape index (κ3) is 1.18. The van der Waals surface area contributed by atoms with Gasteiger partial charge in [-0.15, -0.1) is 0 Å². The molecule has 0 unspecified atom stereocenters. The van der Waals surface area contributed by atoms with Gasteiger partial charge < -0.3 is 0 Å². The average Bonchev–Trinajstić information content (AvgIpc) is 2.01. The first kappa shape index (κ1) is 6.59. The van der Waals surface area contributed by atoms with Gasteiger partial charge in [0, 0.05) is 12.8 Å². The van der Waals surface area contributed by atoms with Crippen molar-refractivity contribution in [1.82, 2.24) is 0 Å². The number of ketones is 1. The summed E-state index contributed by atoms with van der Waals surface area (Å²) in [7, 11) is 0. The molecule has 0 N–H and O–H groups in total. The molecule has 11 heavy (non-hydrogen) atoms. The van der Waals surface area contributed by atoms with Crippen molar-refractivity contribution in [1.29, 1.82) is 0 Å². The van der Waals surface area contributed by atoms with Crippen LogP contribution in [0.25, 0.3) is 0 Å². The van der Waals surface area contributed by atoms with Crippen LogP contribution in [0.5, 0.6) is 0 Å². The monoisotopic (exact) mass is 146 g/mol. The van der Waals surface area contributed by atoms with Crippen LogP contribution in [0.2, 0.25) is 0 Å². The van der Waals surface area contributed by atoms with Crippen LogP contribution in [0.1, 0.15) is 24.3 Å². The molecule has 1 heteroatoms. The molecule has 0 radical (unpaired) electrons. The molecular weight excluding hydrogens is 136 g/mol. The second kappa shape index (κ2) is 2.50. The number of rotatable bonds is 1. The summed E-state index contributed by atoms with van der Waals surface area (Å²) in [6.45, 7) is 0. The van der Waals surface area contributed by atoms with Gasteiger partial charge in [-0.2, -0.15) is 0 Å². The van der Waals surface area contributed by atoms with E-state index >= 15 is 0 Å². The largest absolute Gasteiger partial charge is 0.300 e. The minimum Gasteiger partial charge on any atom is -0.300 e. The Morgan fingerprint density at radius 2 is 1.73 bits per heavy atom. The van der Waals surface area contributed by atoms with E-state index in [0.29, 0.717) is 11.7 Å². The smallest absolute Gasteiger partial charge is 0.134 e. The van der Waals surface area contributed by atoms with Crippen molar-refractivity contribution in [2.24, 2.45) is 0 Å². The number of benzene rings is 1. The fourth-order valence-electron chi connectivity index (χ4n) is 1.45. The van der Waals surface area contributed by atoms with Gasteiger partial charge in [-0.05, 0) is 11.5 Å². The standard InChI is InChI=1S/C10H10O/c11-10-6-9(7-10)8-4-2-1-3-5-8/h1-5,9H,6-7H2. The number of carbonyl (C=O) groups is 1. The molecule has 1 fully saturated rings. The van der Waals surface area contributed by atoms with E-state index in [-0.39, 0.29) is 0 Å². The summed E-state index contributed by atoms with van der Waals surface area (Å²) in [6, 6.07) is 10.2. The zero-order chi connectivity index (χ0) is 7.68. The van der Waals surface area contributed by atoms with Crippen molar-refractivity contribution >= 4 is 5.78 Å². The Balaban J connectivity index is 2.13. The zero-order valence-electron chi connectivity index (χ0n) is 6.29. The lowest BCUT2D eigenvalue weighted by atomic mass is 9.79. The van der Waals surface area contributed by atoms with E-state index in [4.69, 9.17) is 0 Å². The van der Waals surface area contributed by atoms with E-state index < -0.39 is 0 Å². The molecule has 0 aromatic heterocycles. The molecule has 2 rings (SSSR count). The van der Waals surface area contributed by atoms with Gasteiger partial charge >= 0.3 is 0 Å². The molecule has 1 nitrogen and oxygen atoms in total. The second-order valence-electron chi connectivity index (χ2n) is 3.05. The van der Waals surface area contributed by atoms with E-state index in [0.717, 1.165) is 12.8 Å². The van der Waals surface area contributed by atoms with Crippen molar-refractivity contribution in [3.63, 3.8) is 0 Å². The fraction of sp³-hybridized carbons (Fsp3) is 0.300. The van der Waals surface area contributed by atoms with Crippen LogP contribution in [0, 0.1) is 0 Å². The fourth-order valence-corrected chi connectivity index (χ4v) is 1.45. The molecule has 0 bridgehead atoms. The van der Waals surface area contributed by atoms with Gasteiger partial charge in [-0.1, -0.05) is 30.3 Å². The van der Waals surface area contributed by atoms with Gasteiger partial charge in [0.1, 0.15) is 5.78 Å². The van der Waals surface area contributed by atoms with Gasteiger partial charge in [0.2, 0.25) is 0 Å². The third-order valence-corrected chi connectivity index (χ3v) is 2.22. The van der Waals surface area contributed by atoms with Gasteiger partial charge in [0.15, 0.2) is 0 Å². The maximum absolute atomic E-state index is 10.7. The van der Waals surface area contributed by atoms with Crippen molar-refractivity contribution in [2.45, 2.75) is 18.8 Å². The van der Waals surface area contributed by atoms with Crippen molar-refractivity contribution in [3.8, 4) is 0 Å². The summed E-state index contributed by atoms with van der Waals surface area (Å²) in [6.07, 6.45) is 1.51. The quantitative estimate of drug-likeness (QED) is 0.593. The molecule has 0 amide bonds. The van der Waals surface area contributed by atoms with Crippen LogP contribution < -0.4 is 0 Å². The van der Waals surface area contributed by atoms with Crippen molar-refractivity contribution < 1.29 is 4.79 Å². The van der Waals surface area contributed by atoms with Gasteiger partial charge in [-0.25, -0.2) is 0 Å². The molecule has 1 aliphatic carbocycles. The molecule has 0 saturated heterocycles. The van der Waals surface area contributed by atoms with E-state index in [1.165, 1.54) is 5.56 Å². The number of Topliss-reactive ketones (excluding diaryl/α,β-unsaturated/α-hetero) is 1. The summed E-state index contributed by atoms with van der Waals surface area (Å²) < 4.78 is 0. The van der Waals surface area contributed by atoms with Crippen molar-refractivity contribution in [2.75, 3.05) is 0 Å². The zero-order valence-corrected chi connectivity index (χ0v) is 6.29. The first-order valence-electron chi connectivity index (χ1n) is 3.93. The van der Waals surface area contributed by atoms with E-state index in [9.17, 15) is 4.79 Å². The Kier molecular flexibility index (Phi) is 1.50. The van der Waals surface area contributed by atoms with E-state index in [1.54, 1.807) is 0 Å². The Bertz CT molecular complexity index is 255. The molecule has 1 saturated carbocycles. The Labute approximate surface area is 66.0 Å². The maximum Gasteiger partial charge on any atom is 0.134 e. The molecule has 0 spiro atoms. The summed E-state index contributed by atoms with van der Waals surface area (Å²) in [5.74, 6) is 0.919. The lowest BCUT2D eigenvalue weighted by Gasteiger charge is -2.24. The second-order valence-corrected chi connectivity index (χ2v) is 3.05. The van der Waals surface area contributed by atoms with Crippen LogP contribution in [-0.4, -0.2) is 5.78 Å². The highest BCUT2D eigenvalue weighted by atomic mass is 16.1. The van der Waals surface area contributed by atoms with Crippen LogP contribution in [0.3, 0.4) is 0 Å². The summed E-state index contributed by atoms with van der Waals surface area (Å²) in [4.78, 5) is 10.7. The molecule has 56 valence electrons. The molecule has 0 aliphatic heterocycles. The average molecular weight is 146 g/mol.